The van der Waals surface area contributed by atoms with Gasteiger partial charge in [-0.15, -0.1) is 0 Å². The summed E-state index contributed by atoms with van der Waals surface area (Å²) in [5.41, 5.74) is 0.714. The molecule has 0 radical (unpaired) electrons. The van der Waals surface area contributed by atoms with E-state index in [9.17, 15) is 9.59 Å². The number of hydrogen-bond acceptors (Lipinski definition) is 3. The van der Waals surface area contributed by atoms with Crippen molar-refractivity contribution in [3.63, 3.8) is 0 Å². The quantitative estimate of drug-likeness (QED) is 0.756. The van der Waals surface area contributed by atoms with Crippen LogP contribution in [0.1, 0.15) is 38.2 Å². The monoisotopic (exact) mass is 289 g/mol. The molecule has 0 unspecified atom stereocenters. The molecule has 1 amide bonds. The highest BCUT2D eigenvalue weighted by Crippen LogP contribution is 2.45. The molecule has 4 nitrogen and oxygen atoms in total. The van der Waals surface area contributed by atoms with Crippen LogP contribution >= 0.6 is 0 Å². The molecule has 1 saturated carbocycles. The zero-order valence-electron chi connectivity index (χ0n) is 12.8. The summed E-state index contributed by atoms with van der Waals surface area (Å²) in [7, 11) is 1.37. The molecule has 0 aromatic heterocycles. The minimum absolute atomic E-state index is 0.145. The number of carbonyl (C=O) groups excluding carboxylic acids is 2. The second-order valence-electron chi connectivity index (χ2n) is 5.51. The molecule has 0 saturated heterocycles. The van der Waals surface area contributed by atoms with Gasteiger partial charge in [0.1, 0.15) is 0 Å². The second kappa shape index (κ2) is 6.74. The van der Waals surface area contributed by atoms with E-state index < -0.39 is 0 Å². The third-order valence-electron chi connectivity index (χ3n) is 4.43. The van der Waals surface area contributed by atoms with Crippen LogP contribution in [0, 0.1) is 0 Å². The largest absolute Gasteiger partial charge is 0.469 e. The van der Waals surface area contributed by atoms with Gasteiger partial charge in [-0.1, -0.05) is 36.8 Å². The summed E-state index contributed by atoms with van der Waals surface area (Å²) in [5, 5.41) is 0. The number of ether oxygens (including phenoxy) is 1. The zero-order valence-corrected chi connectivity index (χ0v) is 12.8. The van der Waals surface area contributed by atoms with Gasteiger partial charge in [0, 0.05) is 13.1 Å². The molecule has 21 heavy (non-hydrogen) atoms. The third kappa shape index (κ3) is 3.09. The minimum atomic E-state index is -0.382. The Kier molecular flexibility index (Phi) is 4.99. The molecular formula is C17H23NO3. The van der Waals surface area contributed by atoms with Crippen LogP contribution in [0.25, 0.3) is 0 Å². The Bertz CT molecular complexity index is 494. The molecule has 0 heterocycles. The van der Waals surface area contributed by atoms with Crippen LogP contribution < -0.4 is 0 Å². The molecule has 1 aliphatic rings. The van der Waals surface area contributed by atoms with Gasteiger partial charge in [0.05, 0.1) is 18.9 Å². The molecule has 0 bridgehead atoms. The highest BCUT2D eigenvalue weighted by Gasteiger charge is 2.47. The highest BCUT2D eigenvalue weighted by atomic mass is 16.5. The van der Waals surface area contributed by atoms with Gasteiger partial charge in [0.2, 0.25) is 5.91 Å². The van der Waals surface area contributed by atoms with Gasteiger partial charge in [0.25, 0.3) is 0 Å². The summed E-state index contributed by atoms with van der Waals surface area (Å²) in [6, 6.07) is 9.99. The van der Waals surface area contributed by atoms with Crippen molar-refractivity contribution in [3.8, 4) is 0 Å². The van der Waals surface area contributed by atoms with Gasteiger partial charge in [0.15, 0.2) is 0 Å². The predicted octanol–water partition coefficient (Wildman–Crippen LogP) is 2.52. The standard InChI is InChI=1S/C17H23NO3/c1-3-18(13-10-15(19)21-2)16(20)17(11-7-12-17)14-8-5-4-6-9-14/h4-6,8-9H,3,7,10-13H2,1-2H3. The van der Waals surface area contributed by atoms with Gasteiger partial charge in [-0.2, -0.15) is 0 Å². The van der Waals surface area contributed by atoms with Gasteiger partial charge in [-0.05, 0) is 25.3 Å². The van der Waals surface area contributed by atoms with Crippen LogP contribution in [0.15, 0.2) is 30.3 Å². The van der Waals surface area contributed by atoms with E-state index in [4.69, 9.17) is 0 Å². The first kappa shape index (κ1) is 15.5. The van der Waals surface area contributed by atoms with Crippen LogP contribution in [-0.2, 0) is 19.7 Å². The van der Waals surface area contributed by atoms with E-state index in [-0.39, 0.29) is 23.7 Å². The van der Waals surface area contributed by atoms with Gasteiger partial charge >= 0.3 is 5.97 Å². The third-order valence-corrected chi connectivity index (χ3v) is 4.43. The molecule has 1 aromatic carbocycles. The van der Waals surface area contributed by atoms with Gasteiger partial charge < -0.3 is 9.64 Å². The molecule has 1 aromatic rings. The van der Waals surface area contributed by atoms with Crippen LogP contribution in [0.3, 0.4) is 0 Å². The van der Waals surface area contributed by atoms with Crippen molar-refractivity contribution in [1.29, 1.82) is 0 Å². The van der Waals surface area contributed by atoms with Crippen LogP contribution in [0.5, 0.6) is 0 Å². The number of benzene rings is 1. The SMILES string of the molecule is CCN(CCC(=O)OC)C(=O)C1(c2ccccc2)CCC1. The van der Waals surface area contributed by atoms with Gasteiger partial charge in [-0.25, -0.2) is 0 Å². The Labute approximate surface area is 126 Å². The molecule has 114 valence electrons. The van der Waals surface area contributed by atoms with Crippen molar-refractivity contribution >= 4 is 11.9 Å². The number of carbonyl (C=O) groups is 2. The molecule has 4 heteroatoms. The lowest BCUT2D eigenvalue weighted by molar-refractivity contribution is -0.144. The van der Waals surface area contributed by atoms with Crippen molar-refractivity contribution in [1.82, 2.24) is 4.90 Å². The number of nitrogens with zero attached hydrogens (tertiary/aromatic N) is 1. The summed E-state index contributed by atoms with van der Waals surface area (Å²) in [6.07, 6.45) is 3.12. The van der Waals surface area contributed by atoms with E-state index in [0.29, 0.717) is 13.1 Å². The number of esters is 1. The fourth-order valence-electron chi connectivity index (χ4n) is 2.95. The van der Waals surface area contributed by atoms with Crippen LogP contribution in [0.4, 0.5) is 0 Å². The Balaban J connectivity index is 2.13. The lowest BCUT2D eigenvalue weighted by atomic mass is 9.63. The smallest absolute Gasteiger partial charge is 0.307 e. The molecule has 1 fully saturated rings. The number of amides is 1. The minimum Gasteiger partial charge on any atom is -0.469 e. The highest BCUT2D eigenvalue weighted by molar-refractivity contribution is 5.89. The first-order valence-electron chi connectivity index (χ1n) is 7.56. The summed E-state index contributed by atoms with van der Waals surface area (Å²) in [4.78, 5) is 26.0. The Hall–Kier alpha value is -1.84. The van der Waals surface area contributed by atoms with E-state index >= 15 is 0 Å². The lowest BCUT2D eigenvalue weighted by Gasteiger charge is -2.43. The van der Waals surface area contributed by atoms with Crippen molar-refractivity contribution in [2.75, 3.05) is 20.2 Å². The lowest BCUT2D eigenvalue weighted by Crippen LogP contribution is -2.51. The van der Waals surface area contributed by atoms with Crippen LogP contribution in [0.2, 0.25) is 0 Å². The molecule has 0 N–H and O–H groups in total. The summed E-state index contributed by atoms with van der Waals surface area (Å²) in [5.74, 6) is -0.130. The van der Waals surface area contributed by atoms with E-state index in [1.807, 2.05) is 37.3 Å². The summed E-state index contributed by atoms with van der Waals surface area (Å²) in [6.45, 7) is 2.99. The maximum absolute atomic E-state index is 13.0. The number of methoxy groups -OCH3 is 1. The van der Waals surface area contributed by atoms with E-state index in [2.05, 4.69) is 4.74 Å². The second-order valence-corrected chi connectivity index (χ2v) is 5.51. The maximum Gasteiger partial charge on any atom is 0.307 e. The average Bonchev–Trinajstić information content (AvgIpc) is 2.47. The zero-order chi connectivity index (χ0) is 15.3. The Morgan fingerprint density at radius 1 is 1.24 bits per heavy atom. The molecule has 2 rings (SSSR count). The first-order chi connectivity index (χ1) is 10.1. The maximum atomic E-state index is 13.0. The van der Waals surface area contributed by atoms with Crippen molar-refractivity contribution in [2.24, 2.45) is 0 Å². The Morgan fingerprint density at radius 3 is 2.38 bits per heavy atom. The topological polar surface area (TPSA) is 46.6 Å². The van der Waals surface area contributed by atoms with E-state index in [1.165, 1.54) is 7.11 Å². The van der Waals surface area contributed by atoms with Crippen molar-refractivity contribution in [3.05, 3.63) is 35.9 Å². The normalized spacial score (nSPS) is 15.9. The molecule has 0 aliphatic heterocycles. The average molecular weight is 289 g/mol. The summed E-state index contributed by atoms with van der Waals surface area (Å²) < 4.78 is 4.66. The van der Waals surface area contributed by atoms with Crippen molar-refractivity contribution in [2.45, 2.75) is 38.0 Å². The van der Waals surface area contributed by atoms with Gasteiger partial charge in [-0.3, -0.25) is 9.59 Å². The molecule has 0 spiro atoms. The number of likely N-dealkylation sites (N-methyl/N-ethyl adjacent to an activating group) is 1. The summed E-state index contributed by atoms with van der Waals surface area (Å²) >= 11 is 0. The predicted molar refractivity (Wildman–Crippen MR) is 80.9 cm³/mol. The molecule has 1 aliphatic carbocycles. The fourth-order valence-corrected chi connectivity index (χ4v) is 2.95. The van der Waals surface area contributed by atoms with Crippen LogP contribution in [-0.4, -0.2) is 37.0 Å². The Morgan fingerprint density at radius 2 is 1.90 bits per heavy atom. The fraction of sp³-hybridized carbons (Fsp3) is 0.529. The van der Waals surface area contributed by atoms with E-state index in [0.717, 1.165) is 24.8 Å². The number of rotatable bonds is 6. The van der Waals surface area contributed by atoms with E-state index in [1.54, 1.807) is 4.90 Å². The first-order valence-corrected chi connectivity index (χ1v) is 7.56. The molecule has 0 atom stereocenters. The molecular weight excluding hydrogens is 266 g/mol. The number of hydrogen-bond donors (Lipinski definition) is 0. The van der Waals surface area contributed by atoms with Crippen molar-refractivity contribution < 1.29 is 14.3 Å².